The highest BCUT2D eigenvalue weighted by molar-refractivity contribution is 7.87. The Balaban J connectivity index is 4.41. The van der Waals surface area contributed by atoms with Gasteiger partial charge < -0.3 is 5.73 Å². The molecule has 1 unspecified atom stereocenters. The van der Waals surface area contributed by atoms with E-state index in [0.29, 0.717) is 0 Å². The van der Waals surface area contributed by atoms with E-state index < -0.39 is 34.8 Å². The molecule has 10 heteroatoms. The standard InChI is InChI=1S/C6H13F3N4O2S/c1-2-4(5(10)11)13-16(14,15)12-3-6(7,8)9/h4,12-13H,2-3H2,1H3,(H3,10,11). The lowest BCUT2D eigenvalue weighted by molar-refractivity contribution is -0.121. The van der Waals surface area contributed by atoms with Gasteiger partial charge in [-0.2, -0.15) is 31.0 Å². The maximum atomic E-state index is 11.7. The Bertz CT molecular complexity index is 340. The number of hydrogen-bond donors (Lipinski definition) is 4. The van der Waals surface area contributed by atoms with E-state index in [4.69, 9.17) is 11.1 Å². The van der Waals surface area contributed by atoms with Gasteiger partial charge in [-0.3, -0.25) is 5.41 Å². The van der Waals surface area contributed by atoms with Crippen molar-refractivity contribution in [2.45, 2.75) is 25.6 Å². The summed E-state index contributed by atoms with van der Waals surface area (Å²) in [4.78, 5) is 0. The average Bonchev–Trinajstić information content (AvgIpc) is 2.10. The molecule has 1 atom stereocenters. The number of nitrogens with one attached hydrogen (secondary N) is 3. The van der Waals surface area contributed by atoms with Gasteiger partial charge in [-0.1, -0.05) is 6.92 Å². The van der Waals surface area contributed by atoms with Crippen molar-refractivity contribution in [2.75, 3.05) is 6.54 Å². The van der Waals surface area contributed by atoms with Crippen molar-refractivity contribution < 1.29 is 21.6 Å². The maximum absolute atomic E-state index is 11.7. The molecule has 0 aliphatic heterocycles. The van der Waals surface area contributed by atoms with Crippen LogP contribution < -0.4 is 15.2 Å². The Morgan fingerprint density at radius 1 is 1.50 bits per heavy atom. The summed E-state index contributed by atoms with van der Waals surface area (Å²) in [7, 11) is -4.31. The molecule has 96 valence electrons. The second-order valence-corrected chi connectivity index (χ2v) is 4.51. The molecule has 16 heavy (non-hydrogen) atoms. The SMILES string of the molecule is CCC(NS(=O)(=O)NCC(F)(F)F)C(=N)N. The third-order valence-electron chi connectivity index (χ3n) is 1.54. The minimum absolute atomic E-state index is 0.169. The van der Waals surface area contributed by atoms with Gasteiger partial charge in [0.05, 0.1) is 6.04 Å². The van der Waals surface area contributed by atoms with Gasteiger partial charge in [0.2, 0.25) is 0 Å². The molecule has 0 aromatic heterocycles. The van der Waals surface area contributed by atoms with Crippen LogP contribution in [-0.2, 0) is 10.2 Å². The molecular weight excluding hydrogens is 249 g/mol. The summed E-state index contributed by atoms with van der Waals surface area (Å²) in [6, 6.07) is -1.01. The van der Waals surface area contributed by atoms with Crippen LogP contribution in [0.2, 0.25) is 0 Å². The Kier molecular flexibility index (Phi) is 5.16. The van der Waals surface area contributed by atoms with Crippen LogP contribution in [0.25, 0.3) is 0 Å². The first-order valence-electron chi connectivity index (χ1n) is 4.25. The zero-order valence-electron chi connectivity index (χ0n) is 8.43. The zero-order valence-corrected chi connectivity index (χ0v) is 9.24. The van der Waals surface area contributed by atoms with E-state index in [1.165, 1.54) is 4.72 Å². The number of alkyl halides is 3. The van der Waals surface area contributed by atoms with Gasteiger partial charge in [0.25, 0.3) is 10.2 Å². The minimum atomic E-state index is -4.63. The second kappa shape index (κ2) is 5.46. The van der Waals surface area contributed by atoms with Crippen molar-refractivity contribution >= 4 is 16.0 Å². The van der Waals surface area contributed by atoms with E-state index in [-0.39, 0.29) is 6.42 Å². The number of amidine groups is 1. The first-order chi connectivity index (χ1) is 7.07. The molecule has 0 spiro atoms. The third kappa shape index (κ3) is 6.58. The van der Waals surface area contributed by atoms with Crippen LogP contribution >= 0.6 is 0 Å². The average molecular weight is 262 g/mol. The second-order valence-electron chi connectivity index (χ2n) is 2.97. The number of rotatable bonds is 6. The smallest absolute Gasteiger partial charge is 0.386 e. The van der Waals surface area contributed by atoms with Crippen molar-refractivity contribution in [3.8, 4) is 0 Å². The molecule has 0 rings (SSSR count). The van der Waals surface area contributed by atoms with E-state index in [0.717, 1.165) is 0 Å². The molecule has 0 amide bonds. The van der Waals surface area contributed by atoms with E-state index in [9.17, 15) is 21.6 Å². The minimum Gasteiger partial charge on any atom is -0.386 e. The van der Waals surface area contributed by atoms with E-state index in [1.807, 2.05) is 4.72 Å². The monoisotopic (exact) mass is 262 g/mol. The molecule has 0 bridgehead atoms. The topological polar surface area (TPSA) is 108 Å². The molecule has 0 aromatic rings. The van der Waals surface area contributed by atoms with Crippen molar-refractivity contribution in [3.05, 3.63) is 0 Å². The summed E-state index contributed by atoms with van der Waals surface area (Å²) < 4.78 is 60.5. The fraction of sp³-hybridized carbons (Fsp3) is 0.833. The van der Waals surface area contributed by atoms with Crippen molar-refractivity contribution in [3.63, 3.8) is 0 Å². The highest BCUT2D eigenvalue weighted by Crippen LogP contribution is 2.12. The van der Waals surface area contributed by atoms with Crippen molar-refractivity contribution in [2.24, 2.45) is 5.73 Å². The molecule has 0 saturated heterocycles. The van der Waals surface area contributed by atoms with Gasteiger partial charge in [-0.05, 0) is 6.42 Å². The third-order valence-corrected chi connectivity index (χ3v) is 2.66. The fourth-order valence-electron chi connectivity index (χ4n) is 0.773. The zero-order chi connectivity index (χ0) is 13.0. The van der Waals surface area contributed by atoms with Crippen LogP contribution in [0.3, 0.4) is 0 Å². The van der Waals surface area contributed by atoms with Gasteiger partial charge in [-0.25, -0.2) is 0 Å². The Morgan fingerprint density at radius 3 is 2.31 bits per heavy atom. The summed E-state index contributed by atoms with van der Waals surface area (Å²) in [5, 5.41) is 6.99. The molecule has 0 aromatic carbocycles. The lowest BCUT2D eigenvalue weighted by Gasteiger charge is -2.16. The summed E-state index contributed by atoms with van der Waals surface area (Å²) in [5.74, 6) is -0.458. The van der Waals surface area contributed by atoms with Gasteiger partial charge in [0.1, 0.15) is 12.4 Å². The van der Waals surface area contributed by atoms with Crippen molar-refractivity contribution in [1.82, 2.24) is 9.44 Å². The van der Waals surface area contributed by atoms with E-state index in [1.54, 1.807) is 6.92 Å². The molecule has 0 heterocycles. The van der Waals surface area contributed by atoms with Crippen LogP contribution in [0.15, 0.2) is 0 Å². The lowest BCUT2D eigenvalue weighted by Crippen LogP contribution is -2.49. The van der Waals surface area contributed by atoms with E-state index >= 15 is 0 Å². The van der Waals surface area contributed by atoms with Crippen LogP contribution in [0.1, 0.15) is 13.3 Å². The van der Waals surface area contributed by atoms with Crippen molar-refractivity contribution in [1.29, 1.82) is 5.41 Å². The quantitative estimate of drug-likeness (QED) is 0.389. The molecule has 6 nitrogen and oxygen atoms in total. The van der Waals surface area contributed by atoms with Crippen LogP contribution in [0.5, 0.6) is 0 Å². The predicted octanol–water partition coefficient (Wildman–Crippen LogP) is -0.313. The maximum Gasteiger partial charge on any atom is 0.402 e. The first kappa shape index (κ1) is 15.1. The Labute approximate surface area is 91.1 Å². The van der Waals surface area contributed by atoms with Gasteiger partial charge in [0.15, 0.2) is 0 Å². The van der Waals surface area contributed by atoms with Gasteiger partial charge >= 0.3 is 6.18 Å². The fourth-order valence-corrected chi connectivity index (χ4v) is 1.88. The molecule has 5 N–H and O–H groups in total. The molecule has 0 fully saturated rings. The number of halogens is 3. The van der Waals surface area contributed by atoms with Crippen LogP contribution in [0.4, 0.5) is 13.2 Å². The number of hydrogen-bond acceptors (Lipinski definition) is 3. The molecule has 0 aliphatic carbocycles. The highest BCUT2D eigenvalue weighted by Gasteiger charge is 2.30. The summed E-state index contributed by atoms with van der Waals surface area (Å²) in [6.07, 6.45) is -4.46. The molecular formula is C6H13F3N4O2S. The predicted molar refractivity (Wildman–Crippen MR) is 52.1 cm³/mol. The van der Waals surface area contributed by atoms with Crippen LogP contribution in [-0.4, -0.2) is 33.0 Å². The largest absolute Gasteiger partial charge is 0.402 e. The Hall–Kier alpha value is -0.870. The summed E-state index contributed by atoms with van der Waals surface area (Å²) in [5.41, 5.74) is 5.04. The Morgan fingerprint density at radius 2 is 2.00 bits per heavy atom. The van der Waals surface area contributed by atoms with Crippen LogP contribution in [0, 0.1) is 5.41 Å². The summed E-state index contributed by atoms with van der Waals surface area (Å²) >= 11 is 0. The van der Waals surface area contributed by atoms with E-state index in [2.05, 4.69) is 0 Å². The lowest BCUT2D eigenvalue weighted by atomic mass is 10.2. The highest BCUT2D eigenvalue weighted by atomic mass is 32.2. The molecule has 0 radical (unpaired) electrons. The first-order valence-corrected chi connectivity index (χ1v) is 5.73. The molecule has 0 aliphatic rings. The molecule has 0 saturated carbocycles. The normalized spacial score (nSPS) is 14.8. The summed E-state index contributed by atoms with van der Waals surface area (Å²) in [6.45, 7) is -0.130. The van der Waals surface area contributed by atoms with Gasteiger partial charge in [-0.15, -0.1) is 0 Å². The number of nitrogens with two attached hydrogens (primary N) is 1. The van der Waals surface area contributed by atoms with Gasteiger partial charge in [0, 0.05) is 0 Å².